The molecule has 0 unspecified atom stereocenters. The van der Waals surface area contributed by atoms with Crippen molar-refractivity contribution >= 4 is 33.7 Å². The van der Waals surface area contributed by atoms with Gasteiger partial charge in [0.25, 0.3) is 5.91 Å². The van der Waals surface area contributed by atoms with Crippen LogP contribution in [-0.4, -0.2) is 34.6 Å². The maximum absolute atomic E-state index is 12.6. The maximum Gasteiger partial charge on any atom is 0.336 e. The van der Waals surface area contributed by atoms with Gasteiger partial charge in [-0.1, -0.05) is 31.5 Å². The van der Waals surface area contributed by atoms with Gasteiger partial charge < -0.3 is 24.6 Å². The highest BCUT2D eigenvalue weighted by Gasteiger charge is 2.22. The number of aliphatic carboxylic acids is 1. The van der Waals surface area contributed by atoms with Gasteiger partial charge in [-0.05, 0) is 48.2 Å². The van der Waals surface area contributed by atoms with Gasteiger partial charge >= 0.3 is 11.6 Å². The summed E-state index contributed by atoms with van der Waals surface area (Å²) in [5, 5.41) is 13.8. The van der Waals surface area contributed by atoms with E-state index in [-0.39, 0.29) is 13.0 Å². The molecule has 2 aromatic heterocycles. The van der Waals surface area contributed by atoms with E-state index in [0.717, 1.165) is 34.0 Å². The van der Waals surface area contributed by atoms with E-state index >= 15 is 0 Å². The Labute approximate surface area is 195 Å². The first-order valence-corrected chi connectivity index (χ1v) is 11.1. The number of H-pyrrole nitrogens is 1. The second kappa shape index (κ2) is 9.82. The van der Waals surface area contributed by atoms with Gasteiger partial charge in [-0.2, -0.15) is 0 Å². The van der Waals surface area contributed by atoms with Crippen molar-refractivity contribution in [1.82, 2.24) is 10.3 Å². The molecule has 176 valence electrons. The van der Waals surface area contributed by atoms with E-state index in [4.69, 9.17) is 9.15 Å². The number of carbonyl (C=O) groups is 2. The number of fused-ring (bicyclic) bond motifs is 2. The molecule has 0 bridgehead atoms. The minimum atomic E-state index is -1.13. The minimum Gasteiger partial charge on any atom is -0.483 e. The summed E-state index contributed by atoms with van der Waals surface area (Å²) in [6, 6.07) is 11.4. The van der Waals surface area contributed by atoms with Crippen molar-refractivity contribution < 1.29 is 23.8 Å². The van der Waals surface area contributed by atoms with Gasteiger partial charge in [-0.25, -0.2) is 9.59 Å². The lowest BCUT2D eigenvalue weighted by molar-refractivity contribution is -0.142. The molecule has 8 heteroatoms. The summed E-state index contributed by atoms with van der Waals surface area (Å²) in [7, 11) is 0. The zero-order chi connectivity index (χ0) is 24.2. The van der Waals surface area contributed by atoms with E-state index in [1.165, 1.54) is 6.07 Å². The van der Waals surface area contributed by atoms with Crippen LogP contribution >= 0.6 is 0 Å². The molecule has 4 rings (SSSR count). The van der Waals surface area contributed by atoms with Gasteiger partial charge in [-0.15, -0.1) is 0 Å². The van der Waals surface area contributed by atoms with E-state index in [1.807, 2.05) is 38.1 Å². The van der Waals surface area contributed by atoms with Crippen LogP contribution in [0.2, 0.25) is 0 Å². The molecule has 1 atom stereocenters. The highest BCUT2D eigenvalue weighted by atomic mass is 16.5. The number of rotatable bonds is 9. The summed E-state index contributed by atoms with van der Waals surface area (Å²) in [6.07, 6.45) is 3.36. The Balaban J connectivity index is 1.51. The number of aromatic nitrogens is 1. The molecule has 0 radical (unpaired) electrons. The predicted molar refractivity (Wildman–Crippen MR) is 128 cm³/mol. The molecule has 0 aliphatic carbocycles. The summed E-state index contributed by atoms with van der Waals surface area (Å²) in [6.45, 7) is 3.46. The van der Waals surface area contributed by atoms with Gasteiger partial charge in [0, 0.05) is 29.6 Å². The average molecular weight is 463 g/mol. The quantitative estimate of drug-likeness (QED) is 0.326. The highest BCUT2D eigenvalue weighted by molar-refractivity contribution is 5.89. The molecule has 2 aromatic carbocycles. The number of ether oxygens (including phenoxy) is 1. The molecule has 8 nitrogen and oxygen atoms in total. The zero-order valence-electron chi connectivity index (χ0n) is 19.0. The number of hydrogen-bond acceptors (Lipinski definition) is 5. The van der Waals surface area contributed by atoms with Crippen LogP contribution in [-0.2, 0) is 22.4 Å². The molecule has 2 heterocycles. The third-order valence-electron chi connectivity index (χ3n) is 5.64. The number of amides is 1. The number of carbonyl (C=O) groups excluding carboxylic acids is 1. The van der Waals surface area contributed by atoms with Crippen molar-refractivity contribution in [3.63, 3.8) is 0 Å². The standard InChI is InChI=1S/C26H26N2O6/c1-3-6-16-12-24(30)34-22-10-15(2)9-21(25(16)22)33-14-23(29)28-20(26(31)32)11-17-13-27-19-8-5-4-7-18(17)19/h4-5,7-10,12-13,20,27H,3,6,11,14H2,1-2H3,(H,28,29)(H,31,32)/t20-/m0/s1. The fraction of sp³-hybridized carbons (Fsp3) is 0.269. The van der Waals surface area contributed by atoms with Crippen molar-refractivity contribution in [2.45, 2.75) is 39.2 Å². The second-order valence-electron chi connectivity index (χ2n) is 8.29. The number of benzene rings is 2. The first-order chi connectivity index (χ1) is 16.4. The molecule has 34 heavy (non-hydrogen) atoms. The van der Waals surface area contributed by atoms with Crippen LogP contribution in [0.5, 0.6) is 5.75 Å². The molecule has 0 spiro atoms. The highest BCUT2D eigenvalue weighted by Crippen LogP contribution is 2.30. The van der Waals surface area contributed by atoms with Crippen LogP contribution in [0.25, 0.3) is 21.9 Å². The van der Waals surface area contributed by atoms with E-state index in [9.17, 15) is 19.5 Å². The Hall–Kier alpha value is -4.07. The molecule has 3 N–H and O–H groups in total. The Morgan fingerprint density at radius 2 is 1.97 bits per heavy atom. The number of aromatic amines is 1. The van der Waals surface area contributed by atoms with Crippen LogP contribution in [0, 0.1) is 6.92 Å². The van der Waals surface area contributed by atoms with Crippen LogP contribution < -0.4 is 15.7 Å². The Morgan fingerprint density at radius 3 is 2.74 bits per heavy atom. The topological polar surface area (TPSA) is 122 Å². The van der Waals surface area contributed by atoms with E-state index in [0.29, 0.717) is 23.1 Å². The Kier molecular flexibility index (Phi) is 6.67. The van der Waals surface area contributed by atoms with E-state index in [2.05, 4.69) is 10.3 Å². The van der Waals surface area contributed by atoms with Gasteiger partial charge in [0.1, 0.15) is 17.4 Å². The lowest BCUT2D eigenvalue weighted by atomic mass is 10.0. The summed E-state index contributed by atoms with van der Waals surface area (Å²) in [5.41, 5.74) is 3.25. The SMILES string of the molecule is CCCc1cc(=O)oc2cc(C)cc(OCC(=O)N[C@@H](Cc3c[nH]c4ccccc34)C(=O)O)c12. The smallest absolute Gasteiger partial charge is 0.336 e. The molecule has 0 saturated heterocycles. The molecule has 0 fully saturated rings. The number of para-hydroxylation sites is 1. The molecule has 4 aromatic rings. The first kappa shape index (κ1) is 23.1. The number of carboxylic acid groups (broad SMARTS) is 1. The number of hydrogen-bond donors (Lipinski definition) is 3. The van der Waals surface area contributed by atoms with E-state index in [1.54, 1.807) is 18.3 Å². The van der Waals surface area contributed by atoms with Crippen LogP contribution in [0.4, 0.5) is 0 Å². The Bertz CT molecular complexity index is 1420. The minimum absolute atomic E-state index is 0.129. The lowest BCUT2D eigenvalue weighted by Crippen LogP contribution is -2.44. The third-order valence-corrected chi connectivity index (χ3v) is 5.64. The predicted octanol–water partition coefficient (Wildman–Crippen LogP) is 3.73. The van der Waals surface area contributed by atoms with Crippen LogP contribution in [0.15, 0.2) is 57.9 Å². The average Bonchev–Trinajstić information content (AvgIpc) is 3.19. The molecule has 0 aliphatic heterocycles. The van der Waals surface area contributed by atoms with Gasteiger partial charge in [0.2, 0.25) is 0 Å². The summed E-state index contributed by atoms with van der Waals surface area (Å²) in [5.74, 6) is -1.27. The lowest BCUT2D eigenvalue weighted by Gasteiger charge is -2.16. The van der Waals surface area contributed by atoms with E-state index < -0.39 is 23.5 Å². The summed E-state index contributed by atoms with van der Waals surface area (Å²) in [4.78, 5) is 39.5. The van der Waals surface area contributed by atoms with Gasteiger partial charge in [0.05, 0.1) is 5.39 Å². The molecular weight excluding hydrogens is 436 g/mol. The molecule has 1 amide bonds. The number of aryl methyl sites for hydroxylation is 2. The third kappa shape index (κ3) is 4.96. The monoisotopic (exact) mass is 462 g/mol. The van der Waals surface area contributed by atoms with Crippen LogP contribution in [0.1, 0.15) is 30.0 Å². The van der Waals surface area contributed by atoms with Crippen molar-refractivity contribution in [1.29, 1.82) is 0 Å². The van der Waals surface area contributed by atoms with Crippen molar-refractivity contribution in [2.75, 3.05) is 6.61 Å². The molecule has 0 aliphatic rings. The maximum atomic E-state index is 12.6. The zero-order valence-corrected chi connectivity index (χ0v) is 19.0. The molecular formula is C26H26N2O6. The van der Waals surface area contributed by atoms with Gasteiger partial charge in [-0.3, -0.25) is 4.79 Å². The fourth-order valence-corrected chi connectivity index (χ4v) is 4.15. The van der Waals surface area contributed by atoms with Crippen molar-refractivity contribution in [2.24, 2.45) is 0 Å². The van der Waals surface area contributed by atoms with Crippen LogP contribution in [0.3, 0.4) is 0 Å². The number of carboxylic acids is 1. The summed E-state index contributed by atoms with van der Waals surface area (Å²) >= 11 is 0. The first-order valence-electron chi connectivity index (χ1n) is 11.1. The van der Waals surface area contributed by atoms with Gasteiger partial charge in [0.15, 0.2) is 6.61 Å². The normalized spacial score (nSPS) is 12.1. The second-order valence-corrected chi connectivity index (χ2v) is 8.29. The fourth-order valence-electron chi connectivity index (χ4n) is 4.15. The largest absolute Gasteiger partial charge is 0.483 e. The number of nitrogens with one attached hydrogen (secondary N) is 2. The summed E-state index contributed by atoms with van der Waals surface area (Å²) < 4.78 is 11.2. The Morgan fingerprint density at radius 1 is 1.18 bits per heavy atom. The van der Waals surface area contributed by atoms with Crippen molar-refractivity contribution in [3.05, 3.63) is 75.8 Å². The van der Waals surface area contributed by atoms with Crippen molar-refractivity contribution in [3.8, 4) is 5.75 Å². The molecule has 0 saturated carbocycles.